The fraction of sp³-hybridized carbons (Fsp3) is 0.412. The zero-order valence-corrected chi connectivity index (χ0v) is 13.8. The van der Waals surface area contributed by atoms with Crippen molar-refractivity contribution in [2.24, 2.45) is 0 Å². The maximum atomic E-state index is 12.5. The monoisotopic (exact) mass is 346 g/mol. The summed E-state index contributed by atoms with van der Waals surface area (Å²) in [5.41, 5.74) is 2.38. The summed E-state index contributed by atoms with van der Waals surface area (Å²) in [6.45, 7) is 3.51. The molecule has 0 saturated heterocycles. The zero-order valence-electron chi connectivity index (χ0n) is 12.2. The van der Waals surface area contributed by atoms with E-state index >= 15 is 0 Å². The van der Waals surface area contributed by atoms with Crippen LogP contribution in [-0.2, 0) is 4.79 Å². The molecule has 2 rings (SSSR count). The first-order valence-corrected chi connectivity index (χ1v) is 7.95. The van der Waals surface area contributed by atoms with E-state index in [0.717, 1.165) is 23.0 Å². The van der Waals surface area contributed by atoms with E-state index in [-0.39, 0.29) is 11.8 Å². The topological polar surface area (TPSA) is 44.1 Å². The Kier molecular flexibility index (Phi) is 5.58. The average Bonchev–Trinajstić information content (AvgIpc) is 2.50. The Hall–Kier alpha value is -1.60. The first-order chi connectivity index (χ1) is 10.1. The molecule has 1 aromatic rings. The van der Waals surface area contributed by atoms with Crippen molar-refractivity contribution in [2.45, 2.75) is 32.1 Å². The minimum absolute atomic E-state index is 0.0190. The highest BCUT2D eigenvalue weighted by atomic mass is 79.9. The number of carbonyl (C=O) groups excluding carboxylic acids is 1. The molecule has 4 heteroatoms. The lowest BCUT2D eigenvalue weighted by Gasteiger charge is -2.29. The minimum atomic E-state index is -0.0190. The molecule has 1 aromatic carbocycles. The number of amides is 1. The van der Waals surface area contributed by atoms with E-state index in [1.165, 1.54) is 5.57 Å². The standard InChI is InChI=1S/C17H19BrN2O/c1-13-8-10-20(12-16(13)18)17(21)11-15(7-9-19)14-5-3-2-4-6-14/h2-6,15H,7-8,10-12H2,1H3. The molecule has 0 bridgehead atoms. The van der Waals surface area contributed by atoms with Crippen molar-refractivity contribution in [3.8, 4) is 6.07 Å². The van der Waals surface area contributed by atoms with E-state index < -0.39 is 0 Å². The Balaban J connectivity index is 2.05. The van der Waals surface area contributed by atoms with Gasteiger partial charge in [-0.2, -0.15) is 5.26 Å². The summed E-state index contributed by atoms with van der Waals surface area (Å²) >= 11 is 3.54. The maximum Gasteiger partial charge on any atom is 0.223 e. The largest absolute Gasteiger partial charge is 0.338 e. The Labute approximate surface area is 134 Å². The second-order valence-corrected chi connectivity index (χ2v) is 6.38. The van der Waals surface area contributed by atoms with Crippen molar-refractivity contribution in [3.63, 3.8) is 0 Å². The molecule has 3 nitrogen and oxygen atoms in total. The second kappa shape index (κ2) is 7.42. The zero-order chi connectivity index (χ0) is 15.2. The van der Waals surface area contributed by atoms with Crippen molar-refractivity contribution < 1.29 is 4.79 Å². The number of rotatable bonds is 4. The summed E-state index contributed by atoms with van der Waals surface area (Å²) in [6, 6.07) is 12.0. The minimum Gasteiger partial charge on any atom is -0.338 e. The lowest BCUT2D eigenvalue weighted by Crippen LogP contribution is -2.36. The molecular weight excluding hydrogens is 328 g/mol. The summed E-state index contributed by atoms with van der Waals surface area (Å²) in [6.07, 6.45) is 1.69. The Morgan fingerprint density at radius 1 is 1.43 bits per heavy atom. The molecule has 1 amide bonds. The number of benzene rings is 1. The normalized spacial score (nSPS) is 16.5. The highest BCUT2D eigenvalue weighted by molar-refractivity contribution is 9.11. The van der Waals surface area contributed by atoms with Crippen molar-refractivity contribution in [3.05, 3.63) is 46.0 Å². The molecule has 21 heavy (non-hydrogen) atoms. The van der Waals surface area contributed by atoms with Gasteiger partial charge in [0.1, 0.15) is 0 Å². The predicted molar refractivity (Wildman–Crippen MR) is 86.9 cm³/mol. The molecular formula is C17H19BrN2O. The van der Waals surface area contributed by atoms with Crippen LogP contribution in [0, 0.1) is 11.3 Å². The average molecular weight is 347 g/mol. The molecule has 0 aromatic heterocycles. The molecule has 0 N–H and O–H groups in total. The quantitative estimate of drug-likeness (QED) is 0.827. The number of hydrogen-bond acceptors (Lipinski definition) is 2. The molecule has 0 aliphatic carbocycles. The van der Waals surface area contributed by atoms with Gasteiger partial charge in [-0.3, -0.25) is 4.79 Å². The molecule has 110 valence electrons. The molecule has 1 aliphatic rings. The van der Waals surface area contributed by atoms with E-state index in [0.29, 0.717) is 19.4 Å². The molecule has 0 radical (unpaired) electrons. The summed E-state index contributed by atoms with van der Waals surface area (Å²) < 4.78 is 1.11. The molecule has 1 unspecified atom stereocenters. The van der Waals surface area contributed by atoms with Gasteiger partial charge >= 0.3 is 0 Å². The van der Waals surface area contributed by atoms with E-state index in [4.69, 9.17) is 5.26 Å². The van der Waals surface area contributed by atoms with Crippen LogP contribution in [0.4, 0.5) is 0 Å². The van der Waals surface area contributed by atoms with Gasteiger partial charge in [-0.15, -0.1) is 0 Å². The third-order valence-electron chi connectivity index (χ3n) is 3.93. The third kappa shape index (κ3) is 4.18. The fourth-order valence-corrected chi connectivity index (χ4v) is 3.02. The fourth-order valence-electron chi connectivity index (χ4n) is 2.52. The van der Waals surface area contributed by atoms with Crippen molar-refractivity contribution in [2.75, 3.05) is 13.1 Å². The molecule has 1 atom stereocenters. The molecule has 0 spiro atoms. The van der Waals surface area contributed by atoms with Crippen LogP contribution in [0.5, 0.6) is 0 Å². The molecule has 0 saturated carbocycles. The van der Waals surface area contributed by atoms with Gasteiger partial charge in [-0.25, -0.2) is 0 Å². The van der Waals surface area contributed by atoms with Crippen LogP contribution in [-0.4, -0.2) is 23.9 Å². The lowest BCUT2D eigenvalue weighted by molar-refractivity contribution is -0.131. The highest BCUT2D eigenvalue weighted by Gasteiger charge is 2.23. The number of halogens is 1. The van der Waals surface area contributed by atoms with Gasteiger partial charge in [0.25, 0.3) is 0 Å². The number of nitrogens with zero attached hydrogens (tertiary/aromatic N) is 2. The van der Waals surface area contributed by atoms with Crippen LogP contribution in [0.2, 0.25) is 0 Å². The Morgan fingerprint density at radius 3 is 2.76 bits per heavy atom. The SMILES string of the molecule is CC1=C(Br)CN(C(=O)CC(CC#N)c2ccccc2)CC1. The Bertz CT molecular complexity index is 574. The maximum absolute atomic E-state index is 12.5. The van der Waals surface area contributed by atoms with Crippen LogP contribution in [0.3, 0.4) is 0 Å². The van der Waals surface area contributed by atoms with Gasteiger partial charge in [0.05, 0.1) is 12.6 Å². The van der Waals surface area contributed by atoms with Crippen LogP contribution in [0.15, 0.2) is 40.4 Å². The smallest absolute Gasteiger partial charge is 0.223 e. The third-order valence-corrected chi connectivity index (χ3v) is 4.86. The molecule has 1 heterocycles. The number of hydrogen-bond donors (Lipinski definition) is 0. The van der Waals surface area contributed by atoms with Gasteiger partial charge in [0.15, 0.2) is 0 Å². The molecule has 1 aliphatic heterocycles. The second-order valence-electron chi connectivity index (χ2n) is 5.42. The van der Waals surface area contributed by atoms with Gasteiger partial charge in [0, 0.05) is 29.8 Å². The summed E-state index contributed by atoms with van der Waals surface area (Å²) in [4.78, 5) is 14.4. The van der Waals surface area contributed by atoms with E-state index in [1.807, 2.05) is 35.2 Å². The van der Waals surface area contributed by atoms with Crippen LogP contribution < -0.4 is 0 Å². The van der Waals surface area contributed by atoms with Gasteiger partial charge in [0.2, 0.25) is 5.91 Å². The summed E-state index contributed by atoms with van der Waals surface area (Å²) in [7, 11) is 0. The van der Waals surface area contributed by atoms with Crippen LogP contribution in [0.25, 0.3) is 0 Å². The van der Waals surface area contributed by atoms with Gasteiger partial charge < -0.3 is 4.90 Å². The highest BCUT2D eigenvalue weighted by Crippen LogP contribution is 2.27. The van der Waals surface area contributed by atoms with Crippen molar-refractivity contribution in [1.82, 2.24) is 4.90 Å². The van der Waals surface area contributed by atoms with Crippen LogP contribution >= 0.6 is 15.9 Å². The molecule has 0 fully saturated rings. The first-order valence-electron chi connectivity index (χ1n) is 7.15. The van der Waals surface area contributed by atoms with Crippen molar-refractivity contribution >= 4 is 21.8 Å². The van der Waals surface area contributed by atoms with Crippen molar-refractivity contribution in [1.29, 1.82) is 5.26 Å². The predicted octanol–water partition coefficient (Wildman–Crippen LogP) is 3.98. The number of carbonyl (C=O) groups is 1. The Morgan fingerprint density at radius 2 is 2.14 bits per heavy atom. The van der Waals surface area contributed by atoms with Gasteiger partial charge in [-0.05, 0) is 18.9 Å². The van der Waals surface area contributed by atoms with Crippen LogP contribution in [0.1, 0.15) is 37.7 Å². The summed E-state index contributed by atoms with van der Waals surface area (Å²) in [5, 5.41) is 9.01. The van der Waals surface area contributed by atoms with E-state index in [1.54, 1.807) is 0 Å². The summed E-state index contributed by atoms with van der Waals surface area (Å²) in [5.74, 6) is 0.109. The van der Waals surface area contributed by atoms with E-state index in [2.05, 4.69) is 28.9 Å². The number of nitriles is 1. The lowest BCUT2D eigenvalue weighted by atomic mass is 9.92. The van der Waals surface area contributed by atoms with E-state index in [9.17, 15) is 4.79 Å². The first kappa shape index (κ1) is 15.8. The van der Waals surface area contributed by atoms with Gasteiger partial charge in [-0.1, -0.05) is 51.8 Å².